The number of sulfonamides is 2. The summed E-state index contributed by atoms with van der Waals surface area (Å²) in [6, 6.07) is 4.27. The van der Waals surface area contributed by atoms with Gasteiger partial charge in [-0.25, -0.2) is 25.4 Å². The Hall–Kier alpha value is -1.69. The summed E-state index contributed by atoms with van der Waals surface area (Å²) in [6.07, 6.45) is 0.812. The number of rotatable bonds is 7. The highest BCUT2D eigenvalue weighted by Crippen LogP contribution is 2.30. The summed E-state index contributed by atoms with van der Waals surface area (Å²) in [7, 11) is -2.64. The third kappa shape index (κ3) is 4.83. The number of hydrogen-bond donors (Lipinski definition) is 1. The molecule has 0 unspecified atom stereocenters. The lowest BCUT2D eigenvalue weighted by atomic mass is 9.97. The summed E-state index contributed by atoms with van der Waals surface area (Å²) in [5, 5.41) is 2.74. The van der Waals surface area contributed by atoms with Crippen molar-refractivity contribution >= 4 is 31.6 Å². The highest BCUT2D eigenvalue weighted by molar-refractivity contribution is 7.89. The Kier molecular flexibility index (Phi) is 7.07. The van der Waals surface area contributed by atoms with Gasteiger partial charge in [0.15, 0.2) is 0 Å². The molecule has 1 aliphatic rings. The van der Waals surface area contributed by atoms with Crippen molar-refractivity contribution in [3.05, 3.63) is 18.2 Å². The van der Waals surface area contributed by atoms with E-state index in [9.17, 15) is 21.6 Å². The first-order valence-corrected chi connectivity index (χ1v) is 12.0. The first-order chi connectivity index (χ1) is 13.0. The van der Waals surface area contributed by atoms with E-state index in [1.165, 1.54) is 43.7 Å². The van der Waals surface area contributed by atoms with Crippen molar-refractivity contribution in [1.82, 2.24) is 8.61 Å². The standard InChI is InChI=1S/C17H27N3O6S2/c1-5-27(22,23)20-10-8-13(9-11-20)17(21)18-15-12-14(6-7-16(15)26-4)28(24,25)19(2)3/h6-7,12-13H,5,8-11H2,1-4H3,(H,18,21). The van der Waals surface area contributed by atoms with E-state index in [1.54, 1.807) is 6.92 Å². The van der Waals surface area contributed by atoms with Crippen LogP contribution in [0.15, 0.2) is 23.1 Å². The number of anilines is 1. The van der Waals surface area contributed by atoms with Crippen LogP contribution in [0.5, 0.6) is 5.75 Å². The van der Waals surface area contributed by atoms with Crippen LogP contribution in [0.3, 0.4) is 0 Å². The molecule has 0 aliphatic carbocycles. The van der Waals surface area contributed by atoms with Crippen molar-refractivity contribution in [2.75, 3.05) is 45.4 Å². The number of amides is 1. The molecule has 1 fully saturated rings. The van der Waals surface area contributed by atoms with Crippen LogP contribution in [0, 0.1) is 5.92 Å². The van der Waals surface area contributed by atoms with E-state index in [0.717, 1.165) is 4.31 Å². The zero-order valence-corrected chi connectivity index (χ0v) is 18.1. The zero-order valence-electron chi connectivity index (χ0n) is 16.5. The van der Waals surface area contributed by atoms with Crippen molar-refractivity contribution in [1.29, 1.82) is 0 Å². The van der Waals surface area contributed by atoms with Crippen LogP contribution >= 0.6 is 0 Å². The molecule has 1 aliphatic heterocycles. The second-order valence-corrected chi connectivity index (χ2v) is 11.1. The van der Waals surface area contributed by atoms with Gasteiger partial charge in [0.1, 0.15) is 5.75 Å². The monoisotopic (exact) mass is 433 g/mol. The van der Waals surface area contributed by atoms with Gasteiger partial charge in [-0.3, -0.25) is 4.79 Å². The number of carbonyl (C=O) groups is 1. The molecule has 2 rings (SSSR count). The molecule has 1 amide bonds. The van der Waals surface area contributed by atoms with E-state index < -0.39 is 20.0 Å². The van der Waals surface area contributed by atoms with Gasteiger partial charge in [-0.1, -0.05) is 0 Å². The Balaban J connectivity index is 2.16. The molecule has 11 heteroatoms. The Morgan fingerprint density at radius 1 is 1.21 bits per heavy atom. The van der Waals surface area contributed by atoms with E-state index in [1.807, 2.05) is 0 Å². The largest absolute Gasteiger partial charge is 0.495 e. The summed E-state index contributed by atoms with van der Waals surface area (Å²) < 4.78 is 56.3. The molecule has 1 heterocycles. The number of carbonyl (C=O) groups excluding carboxylic acids is 1. The van der Waals surface area contributed by atoms with Gasteiger partial charge in [0.2, 0.25) is 26.0 Å². The first-order valence-electron chi connectivity index (χ1n) is 8.92. The maximum absolute atomic E-state index is 12.7. The second-order valence-electron chi connectivity index (χ2n) is 6.71. The lowest BCUT2D eigenvalue weighted by Crippen LogP contribution is -2.42. The van der Waals surface area contributed by atoms with Gasteiger partial charge in [0.25, 0.3) is 0 Å². The average molecular weight is 434 g/mol. The van der Waals surface area contributed by atoms with Crippen molar-refractivity contribution < 1.29 is 26.4 Å². The number of benzene rings is 1. The average Bonchev–Trinajstić information content (AvgIpc) is 2.67. The molecule has 0 atom stereocenters. The fourth-order valence-corrected chi connectivity index (χ4v) is 5.03. The normalized spacial score (nSPS) is 16.9. The lowest BCUT2D eigenvalue weighted by Gasteiger charge is -2.30. The van der Waals surface area contributed by atoms with Gasteiger partial charge in [-0.05, 0) is 38.0 Å². The van der Waals surface area contributed by atoms with Crippen LogP contribution in [-0.2, 0) is 24.8 Å². The predicted molar refractivity (Wildman–Crippen MR) is 106 cm³/mol. The third-order valence-electron chi connectivity index (χ3n) is 4.79. The van der Waals surface area contributed by atoms with Gasteiger partial charge in [0, 0.05) is 33.1 Å². The van der Waals surface area contributed by atoms with Crippen LogP contribution in [0.1, 0.15) is 19.8 Å². The number of nitrogens with one attached hydrogen (secondary N) is 1. The summed E-state index contributed by atoms with van der Waals surface area (Å²) in [5.74, 6) is -0.265. The Bertz CT molecular complexity index is 920. The minimum absolute atomic E-state index is 0.0359. The molecule has 0 saturated carbocycles. The molecule has 158 valence electrons. The molecule has 1 N–H and O–H groups in total. The number of hydrogen-bond acceptors (Lipinski definition) is 6. The third-order valence-corrected chi connectivity index (χ3v) is 8.48. The van der Waals surface area contributed by atoms with Gasteiger partial charge >= 0.3 is 0 Å². The summed E-state index contributed by atoms with van der Waals surface area (Å²) >= 11 is 0. The van der Waals surface area contributed by atoms with Crippen LogP contribution in [-0.4, -0.2) is 71.4 Å². The summed E-state index contributed by atoms with van der Waals surface area (Å²) in [4.78, 5) is 12.7. The minimum Gasteiger partial charge on any atom is -0.495 e. The van der Waals surface area contributed by atoms with Crippen molar-refractivity contribution in [2.24, 2.45) is 5.92 Å². The maximum atomic E-state index is 12.7. The van der Waals surface area contributed by atoms with E-state index in [-0.39, 0.29) is 28.2 Å². The fourth-order valence-electron chi connectivity index (χ4n) is 2.97. The molecular formula is C17H27N3O6S2. The van der Waals surface area contributed by atoms with E-state index >= 15 is 0 Å². The van der Waals surface area contributed by atoms with Gasteiger partial charge in [0.05, 0.1) is 23.4 Å². The van der Waals surface area contributed by atoms with Crippen molar-refractivity contribution in [3.8, 4) is 5.75 Å². The fraction of sp³-hybridized carbons (Fsp3) is 0.588. The van der Waals surface area contributed by atoms with Gasteiger partial charge < -0.3 is 10.1 Å². The van der Waals surface area contributed by atoms with Crippen LogP contribution in [0.4, 0.5) is 5.69 Å². The molecule has 9 nitrogen and oxygen atoms in total. The number of methoxy groups -OCH3 is 1. The van der Waals surface area contributed by atoms with Crippen LogP contribution in [0.2, 0.25) is 0 Å². The van der Waals surface area contributed by atoms with E-state index in [2.05, 4.69) is 5.32 Å². The molecule has 0 aromatic heterocycles. The Morgan fingerprint density at radius 2 is 1.82 bits per heavy atom. The SMILES string of the molecule is CCS(=O)(=O)N1CCC(C(=O)Nc2cc(S(=O)(=O)N(C)C)ccc2OC)CC1. The molecule has 1 saturated heterocycles. The highest BCUT2D eigenvalue weighted by Gasteiger charge is 2.30. The van der Waals surface area contributed by atoms with Crippen LogP contribution < -0.4 is 10.1 Å². The van der Waals surface area contributed by atoms with Crippen molar-refractivity contribution in [2.45, 2.75) is 24.7 Å². The Morgan fingerprint density at radius 3 is 2.32 bits per heavy atom. The summed E-state index contributed by atoms with van der Waals surface area (Å²) in [5.41, 5.74) is 0.263. The van der Waals surface area contributed by atoms with Gasteiger partial charge in [-0.2, -0.15) is 0 Å². The number of piperidine rings is 1. The highest BCUT2D eigenvalue weighted by atomic mass is 32.2. The Labute approximate surface area is 166 Å². The molecular weight excluding hydrogens is 406 g/mol. The zero-order chi connectivity index (χ0) is 21.1. The molecule has 0 spiro atoms. The molecule has 0 bridgehead atoms. The molecule has 28 heavy (non-hydrogen) atoms. The number of nitrogens with zero attached hydrogens (tertiary/aromatic N) is 2. The summed E-state index contributed by atoms with van der Waals surface area (Å²) in [6.45, 7) is 2.18. The van der Waals surface area contributed by atoms with Gasteiger partial charge in [-0.15, -0.1) is 0 Å². The number of ether oxygens (including phenoxy) is 1. The van der Waals surface area contributed by atoms with Crippen LogP contribution in [0.25, 0.3) is 0 Å². The second kappa shape index (κ2) is 8.76. The molecule has 1 aromatic rings. The maximum Gasteiger partial charge on any atom is 0.242 e. The predicted octanol–water partition coefficient (Wildman–Crippen LogP) is 0.946. The smallest absolute Gasteiger partial charge is 0.242 e. The lowest BCUT2D eigenvalue weighted by molar-refractivity contribution is -0.120. The van der Waals surface area contributed by atoms with E-state index in [0.29, 0.717) is 31.7 Å². The molecule has 1 aromatic carbocycles. The first kappa shape index (κ1) is 22.6. The minimum atomic E-state index is -3.66. The topological polar surface area (TPSA) is 113 Å². The molecule has 0 radical (unpaired) electrons. The van der Waals surface area contributed by atoms with E-state index in [4.69, 9.17) is 4.74 Å². The van der Waals surface area contributed by atoms with Crippen molar-refractivity contribution in [3.63, 3.8) is 0 Å². The quantitative estimate of drug-likeness (QED) is 0.685.